The number of anilines is 2. The number of rotatable bonds is 4. The Kier molecular flexibility index (Phi) is 6.44. The number of halogens is 3. The molecule has 38 heavy (non-hydrogen) atoms. The summed E-state index contributed by atoms with van der Waals surface area (Å²) in [5.41, 5.74) is 4.68. The van der Waals surface area contributed by atoms with Crippen molar-refractivity contribution in [2.45, 2.75) is 11.9 Å². The number of Topliss-reactive ketones (excluding diaryl/α,β-unsaturated/α-hetero) is 1. The third-order valence-corrected chi connectivity index (χ3v) is 8.52. The maximum Gasteiger partial charge on any atom is 0.234 e. The van der Waals surface area contributed by atoms with Gasteiger partial charge in [-0.15, -0.1) is 0 Å². The van der Waals surface area contributed by atoms with Gasteiger partial charge in [-0.3, -0.25) is 4.79 Å². The van der Waals surface area contributed by atoms with Crippen LogP contribution in [0.3, 0.4) is 0 Å². The summed E-state index contributed by atoms with van der Waals surface area (Å²) in [4.78, 5) is 11.7. The number of ketones is 1. The molecular formula is C29H19Cl3N4OS. The summed E-state index contributed by atoms with van der Waals surface area (Å²) in [6.45, 7) is 1.52. The van der Waals surface area contributed by atoms with Crippen LogP contribution in [0.2, 0.25) is 15.1 Å². The van der Waals surface area contributed by atoms with Crippen LogP contribution in [0.15, 0.2) is 107 Å². The number of hydrogen-bond donors (Lipinski definition) is 0. The van der Waals surface area contributed by atoms with Gasteiger partial charge < -0.3 is 0 Å². The highest BCUT2D eigenvalue weighted by Crippen LogP contribution is 2.55. The summed E-state index contributed by atoms with van der Waals surface area (Å²) in [7, 11) is 0. The lowest BCUT2D eigenvalue weighted by Gasteiger charge is -2.47. The zero-order chi connectivity index (χ0) is 26.4. The first-order valence-corrected chi connectivity index (χ1v) is 13.7. The summed E-state index contributed by atoms with van der Waals surface area (Å²) < 4.78 is 0. The molecule has 2 aliphatic rings. The van der Waals surface area contributed by atoms with Gasteiger partial charge in [0.25, 0.3) is 0 Å². The van der Waals surface area contributed by atoms with E-state index in [0.29, 0.717) is 31.4 Å². The van der Waals surface area contributed by atoms with Gasteiger partial charge in [0.15, 0.2) is 10.8 Å². The van der Waals surface area contributed by atoms with Gasteiger partial charge in [0.2, 0.25) is 4.99 Å². The second-order valence-corrected chi connectivity index (χ2v) is 11.2. The Balaban J connectivity index is 1.68. The molecule has 9 heteroatoms. The highest BCUT2D eigenvalue weighted by molar-refractivity contribution is 8.17. The number of para-hydroxylation sites is 1. The summed E-state index contributed by atoms with van der Waals surface area (Å²) in [5, 5.41) is 15.9. The average molecular weight is 578 g/mol. The van der Waals surface area contributed by atoms with E-state index >= 15 is 0 Å². The first kappa shape index (κ1) is 25.0. The van der Waals surface area contributed by atoms with E-state index in [0.717, 1.165) is 22.5 Å². The van der Waals surface area contributed by atoms with Gasteiger partial charge in [0.1, 0.15) is 5.71 Å². The van der Waals surface area contributed by atoms with Crippen LogP contribution in [0.1, 0.15) is 23.6 Å². The second-order valence-electron chi connectivity index (χ2n) is 8.73. The molecule has 0 bridgehead atoms. The standard InChI is InChI=1S/C29H19Cl3N4OS/c1-18(37)28-34-36(22-14-11-19(30)12-15-22)29(38-28)25-10-6-5-9-23(25)27(24-17-20(31)13-16-26(24)32)33-35(29)21-7-3-2-4-8-21/h2-17H,1H3/t29-/m1/s1. The molecule has 0 saturated heterocycles. The summed E-state index contributed by atoms with van der Waals surface area (Å²) in [5.74, 6) is -0.135. The molecule has 5 nitrogen and oxygen atoms in total. The zero-order valence-electron chi connectivity index (χ0n) is 20.0. The highest BCUT2D eigenvalue weighted by Gasteiger charge is 2.55. The highest BCUT2D eigenvalue weighted by atomic mass is 35.5. The van der Waals surface area contributed by atoms with Gasteiger partial charge in [0, 0.05) is 33.7 Å². The minimum absolute atomic E-state index is 0.135. The summed E-state index contributed by atoms with van der Waals surface area (Å²) in [6.07, 6.45) is 0. The molecule has 0 N–H and O–H groups in total. The fourth-order valence-electron chi connectivity index (χ4n) is 4.61. The number of nitrogens with zero attached hydrogens (tertiary/aromatic N) is 4. The van der Waals surface area contributed by atoms with Crippen LogP contribution in [0.25, 0.3) is 0 Å². The first-order valence-electron chi connectivity index (χ1n) is 11.7. The molecule has 0 amide bonds. The van der Waals surface area contributed by atoms with Crippen molar-refractivity contribution in [2.75, 3.05) is 10.0 Å². The number of carbonyl (C=O) groups is 1. The smallest absolute Gasteiger partial charge is 0.234 e. The number of thioether (sulfide) groups is 1. The van der Waals surface area contributed by atoms with Crippen LogP contribution < -0.4 is 10.0 Å². The Labute approximate surface area is 239 Å². The van der Waals surface area contributed by atoms with Crippen molar-refractivity contribution in [3.63, 3.8) is 0 Å². The van der Waals surface area contributed by atoms with E-state index in [1.165, 1.54) is 18.7 Å². The summed E-state index contributed by atoms with van der Waals surface area (Å²) in [6, 6.07) is 30.5. The van der Waals surface area contributed by atoms with Crippen molar-refractivity contribution in [3.8, 4) is 0 Å². The van der Waals surface area contributed by atoms with Crippen LogP contribution >= 0.6 is 46.6 Å². The molecule has 2 heterocycles. The molecule has 2 aliphatic heterocycles. The normalized spacial score (nSPS) is 18.3. The van der Waals surface area contributed by atoms with Gasteiger partial charge >= 0.3 is 0 Å². The minimum atomic E-state index is -1.05. The molecule has 1 spiro atoms. The number of benzene rings is 4. The van der Waals surface area contributed by atoms with Crippen molar-refractivity contribution in [1.82, 2.24) is 0 Å². The lowest BCUT2D eigenvalue weighted by atomic mass is 9.93. The monoisotopic (exact) mass is 576 g/mol. The quantitative estimate of drug-likeness (QED) is 0.245. The maximum atomic E-state index is 12.7. The molecule has 0 radical (unpaired) electrons. The topological polar surface area (TPSA) is 48.3 Å². The minimum Gasteiger partial charge on any atom is -0.292 e. The van der Waals surface area contributed by atoms with E-state index in [9.17, 15) is 4.79 Å². The number of hydrazone groups is 2. The molecule has 0 aliphatic carbocycles. The Morgan fingerprint density at radius 2 is 1.37 bits per heavy atom. The maximum absolute atomic E-state index is 12.7. The van der Waals surface area contributed by atoms with Crippen LogP contribution in [-0.2, 0) is 9.79 Å². The predicted molar refractivity (Wildman–Crippen MR) is 159 cm³/mol. The molecule has 0 unspecified atom stereocenters. The van der Waals surface area contributed by atoms with Crippen molar-refractivity contribution in [1.29, 1.82) is 0 Å². The molecule has 4 aromatic rings. The molecule has 0 aromatic heterocycles. The molecular weight excluding hydrogens is 559 g/mol. The number of carbonyl (C=O) groups excluding carboxylic acids is 1. The van der Waals surface area contributed by atoms with Gasteiger partial charge in [-0.25, -0.2) is 10.0 Å². The SMILES string of the molecule is CC(=O)C1=NN(c2ccc(Cl)cc2)[C@@]2(S1)c1ccccc1C(c1cc(Cl)ccc1Cl)=NN2c1ccccc1. The van der Waals surface area contributed by atoms with Crippen molar-refractivity contribution < 1.29 is 4.79 Å². The fourth-order valence-corrected chi connectivity index (χ4v) is 6.40. The van der Waals surface area contributed by atoms with E-state index in [2.05, 4.69) is 0 Å². The number of fused-ring (bicyclic) bond motifs is 2. The predicted octanol–water partition coefficient (Wildman–Crippen LogP) is 8.19. The third-order valence-electron chi connectivity index (χ3n) is 6.29. The van der Waals surface area contributed by atoms with E-state index in [-0.39, 0.29) is 5.78 Å². The molecule has 4 aromatic carbocycles. The van der Waals surface area contributed by atoms with Crippen LogP contribution in [-0.4, -0.2) is 16.5 Å². The van der Waals surface area contributed by atoms with Crippen LogP contribution in [0.4, 0.5) is 11.4 Å². The van der Waals surface area contributed by atoms with E-state index < -0.39 is 4.99 Å². The Morgan fingerprint density at radius 3 is 2.11 bits per heavy atom. The Morgan fingerprint density at radius 1 is 0.737 bits per heavy atom. The molecule has 188 valence electrons. The zero-order valence-corrected chi connectivity index (χ0v) is 23.1. The number of hydrogen-bond acceptors (Lipinski definition) is 6. The van der Waals surface area contributed by atoms with E-state index in [4.69, 9.17) is 45.0 Å². The lowest BCUT2D eigenvalue weighted by molar-refractivity contribution is -0.110. The van der Waals surface area contributed by atoms with Crippen molar-refractivity contribution in [3.05, 3.63) is 129 Å². The molecule has 0 fully saturated rings. The molecule has 0 saturated carbocycles. The molecule has 1 atom stereocenters. The van der Waals surface area contributed by atoms with Gasteiger partial charge in [0.05, 0.1) is 16.4 Å². The van der Waals surface area contributed by atoms with Crippen molar-refractivity contribution >= 4 is 74.5 Å². The lowest BCUT2D eigenvalue weighted by Crippen LogP contribution is -2.54. The Hall–Kier alpha value is -3.29. The fraction of sp³-hybridized carbons (Fsp3) is 0.0690. The van der Waals surface area contributed by atoms with Gasteiger partial charge in [-0.1, -0.05) is 77.3 Å². The third kappa shape index (κ3) is 4.09. The van der Waals surface area contributed by atoms with Crippen molar-refractivity contribution in [2.24, 2.45) is 10.2 Å². The van der Waals surface area contributed by atoms with Gasteiger partial charge in [-0.2, -0.15) is 10.2 Å². The second kappa shape index (κ2) is 9.79. The van der Waals surface area contributed by atoms with Gasteiger partial charge in [-0.05, 0) is 66.4 Å². The molecule has 6 rings (SSSR count). The Bertz CT molecular complexity index is 1620. The largest absolute Gasteiger partial charge is 0.292 e. The summed E-state index contributed by atoms with van der Waals surface area (Å²) >= 11 is 20.7. The van der Waals surface area contributed by atoms with E-state index in [1.807, 2.05) is 82.8 Å². The van der Waals surface area contributed by atoms with Crippen LogP contribution in [0, 0.1) is 0 Å². The average Bonchev–Trinajstić information content (AvgIpc) is 3.33. The van der Waals surface area contributed by atoms with Crippen LogP contribution in [0.5, 0.6) is 0 Å². The first-order chi connectivity index (χ1) is 18.4. The van der Waals surface area contributed by atoms with E-state index in [1.54, 1.807) is 24.3 Å².